The monoisotopic (exact) mass is 312 g/mol. The van der Waals surface area contributed by atoms with Gasteiger partial charge in [-0.05, 0) is 42.1 Å². The maximum atomic E-state index is 12.3. The molecule has 0 aliphatic carbocycles. The molecular weight excluding hydrogens is 300 g/mol. The van der Waals surface area contributed by atoms with Gasteiger partial charge in [0, 0.05) is 16.1 Å². The third kappa shape index (κ3) is 2.73. The predicted octanol–water partition coefficient (Wildman–Crippen LogP) is 3.74. The van der Waals surface area contributed by atoms with Crippen LogP contribution in [0.4, 0.5) is 5.69 Å². The molecule has 0 fully saturated rings. The van der Waals surface area contributed by atoms with Crippen LogP contribution < -0.4 is 10.9 Å². The Morgan fingerprint density at radius 2 is 1.91 bits per heavy atom. The van der Waals surface area contributed by atoms with Gasteiger partial charge in [-0.1, -0.05) is 35.9 Å². The summed E-state index contributed by atoms with van der Waals surface area (Å²) in [5, 5.41) is 4.57. The Hall–Kier alpha value is -2.59. The van der Waals surface area contributed by atoms with Gasteiger partial charge in [0.1, 0.15) is 5.69 Å². The number of nitrogens with one attached hydrogen (secondary N) is 2. The molecule has 0 radical (unpaired) electrons. The fraction of sp³-hybridized carbons (Fsp3) is 0.0588. The van der Waals surface area contributed by atoms with Gasteiger partial charge >= 0.3 is 0 Å². The van der Waals surface area contributed by atoms with E-state index < -0.39 is 0 Å². The van der Waals surface area contributed by atoms with Crippen molar-refractivity contribution in [2.45, 2.75) is 6.92 Å². The van der Waals surface area contributed by atoms with E-state index in [0.29, 0.717) is 16.1 Å². The first kappa shape index (κ1) is 14.4. The van der Waals surface area contributed by atoms with Crippen LogP contribution in [0, 0.1) is 6.92 Å². The molecular formula is C17H13ClN2O2. The van der Waals surface area contributed by atoms with Crippen LogP contribution in [0.2, 0.25) is 5.02 Å². The number of benzene rings is 2. The minimum Gasteiger partial charge on any atom is -0.321 e. The third-order valence-corrected chi connectivity index (χ3v) is 3.83. The first-order valence-electron chi connectivity index (χ1n) is 6.74. The maximum absolute atomic E-state index is 12.3. The van der Waals surface area contributed by atoms with Crippen LogP contribution in [0.5, 0.6) is 0 Å². The smallest absolute Gasteiger partial charge is 0.272 e. The minimum atomic E-state index is -0.386. The number of carbonyl (C=O) groups is 1. The van der Waals surface area contributed by atoms with E-state index in [9.17, 15) is 9.59 Å². The zero-order valence-corrected chi connectivity index (χ0v) is 12.6. The number of aromatic amines is 1. The number of H-pyrrole nitrogens is 1. The van der Waals surface area contributed by atoms with Crippen LogP contribution in [0.15, 0.2) is 53.3 Å². The van der Waals surface area contributed by atoms with Crippen molar-refractivity contribution in [2.24, 2.45) is 0 Å². The van der Waals surface area contributed by atoms with Crippen molar-refractivity contribution in [1.82, 2.24) is 4.98 Å². The lowest BCUT2D eigenvalue weighted by atomic mass is 10.1. The number of hydrogen-bond acceptors (Lipinski definition) is 2. The molecule has 1 amide bonds. The molecule has 1 aromatic heterocycles. The van der Waals surface area contributed by atoms with Gasteiger partial charge in [0.2, 0.25) is 0 Å². The highest BCUT2D eigenvalue weighted by atomic mass is 35.5. The van der Waals surface area contributed by atoms with E-state index in [1.807, 2.05) is 19.1 Å². The number of fused-ring (bicyclic) bond motifs is 1. The quantitative estimate of drug-likeness (QED) is 0.757. The predicted molar refractivity (Wildman–Crippen MR) is 88.7 cm³/mol. The van der Waals surface area contributed by atoms with Gasteiger partial charge in [-0.15, -0.1) is 0 Å². The average Bonchev–Trinajstić information content (AvgIpc) is 2.51. The highest BCUT2D eigenvalue weighted by molar-refractivity contribution is 6.31. The van der Waals surface area contributed by atoms with E-state index >= 15 is 0 Å². The van der Waals surface area contributed by atoms with Crippen molar-refractivity contribution in [2.75, 3.05) is 5.32 Å². The summed E-state index contributed by atoms with van der Waals surface area (Å²) in [6.45, 7) is 1.88. The van der Waals surface area contributed by atoms with Crippen LogP contribution in [0.25, 0.3) is 10.8 Å². The Balaban J connectivity index is 1.95. The fourth-order valence-corrected chi connectivity index (χ4v) is 2.38. The zero-order chi connectivity index (χ0) is 15.7. The summed E-state index contributed by atoms with van der Waals surface area (Å²) in [6, 6.07) is 14.0. The number of aromatic nitrogens is 1. The molecule has 2 aromatic carbocycles. The number of aryl methyl sites for hydroxylation is 1. The molecule has 3 rings (SSSR count). The average molecular weight is 313 g/mol. The molecule has 22 heavy (non-hydrogen) atoms. The zero-order valence-electron chi connectivity index (χ0n) is 11.8. The topological polar surface area (TPSA) is 62.0 Å². The Morgan fingerprint density at radius 3 is 2.68 bits per heavy atom. The second-order valence-corrected chi connectivity index (χ2v) is 5.42. The first-order chi connectivity index (χ1) is 10.5. The van der Waals surface area contributed by atoms with Crippen LogP contribution in [0.1, 0.15) is 16.1 Å². The molecule has 0 aliphatic rings. The van der Waals surface area contributed by atoms with Crippen LogP contribution in [-0.2, 0) is 0 Å². The Labute approximate surface area is 131 Å². The Morgan fingerprint density at radius 1 is 1.14 bits per heavy atom. The van der Waals surface area contributed by atoms with Gasteiger partial charge < -0.3 is 10.3 Å². The van der Waals surface area contributed by atoms with E-state index in [-0.39, 0.29) is 17.2 Å². The largest absolute Gasteiger partial charge is 0.321 e. The van der Waals surface area contributed by atoms with Crippen LogP contribution in [-0.4, -0.2) is 10.9 Å². The number of pyridine rings is 1. The van der Waals surface area contributed by atoms with Gasteiger partial charge in [-0.25, -0.2) is 0 Å². The van der Waals surface area contributed by atoms with Crippen molar-refractivity contribution >= 4 is 34.0 Å². The summed E-state index contributed by atoms with van der Waals surface area (Å²) >= 11 is 6.04. The highest BCUT2D eigenvalue weighted by Crippen LogP contribution is 2.20. The lowest BCUT2D eigenvalue weighted by molar-refractivity contribution is 0.102. The number of amides is 1. The molecule has 1 heterocycles. The molecule has 0 saturated carbocycles. The number of rotatable bonds is 2. The maximum Gasteiger partial charge on any atom is 0.272 e. The van der Waals surface area contributed by atoms with Gasteiger partial charge in [-0.3, -0.25) is 9.59 Å². The van der Waals surface area contributed by atoms with Gasteiger partial charge in [-0.2, -0.15) is 0 Å². The first-order valence-corrected chi connectivity index (χ1v) is 7.12. The second kappa shape index (κ2) is 5.66. The molecule has 0 aliphatic heterocycles. The molecule has 0 spiro atoms. The SMILES string of the molecule is Cc1ccc(NC(=O)c2cc3ccccc3c(=O)[nH]2)cc1Cl. The van der Waals surface area contributed by atoms with E-state index in [2.05, 4.69) is 10.3 Å². The summed E-state index contributed by atoms with van der Waals surface area (Å²) in [6.07, 6.45) is 0. The summed E-state index contributed by atoms with van der Waals surface area (Å²) in [4.78, 5) is 26.9. The molecule has 2 N–H and O–H groups in total. The molecule has 0 atom stereocenters. The summed E-state index contributed by atoms with van der Waals surface area (Å²) in [5.41, 5.74) is 1.43. The number of carbonyl (C=O) groups excluding carboxylic acids is 1. The fourth-order valence-electron chi connectivity index (χ4n) is 2.20. The van der Waals surface area contributed by atoms with Crippen molar-refractivity contribution in [1.29, 1.82) is 0 Å². The molecule has 110 valence electrons. The van der Waals surface area contributed by atoms with E-state index in [1.165, 1.54) is 0 Å². The molecule has 3 aromatic rings. The van der Waals surface area contributed by atoms with Crippen LogP contribution in [0.3, 0.4) is 0 Å². The van der Waals surface area contributed by atoms with Crippen molar-refractivity contribution in [3.05, 3.63) is 75.2 Å². The third-order valence-electron chi connectivity index (χ3n) is 3.43. The molecule has 0 unspecified atom stereocenters. The number of halogens is 1. The Kier molecular flexibility index (Phi) is 3.69. The lowest BCUT2D eigenvalue weighted by Crippen LogP contribution is -2.18. The van der Waals surface area contributed by atoms with Crippen molar-refractivity contribution in [3.63, 3.8) is 0 Å². The van der Waals surface area contributed by atoms with Gasteiger partial charge in [0.15, 0.2) is 0 Å². The molecule has 4 nitrogen and oxygen atoms in total. The summed E-state index contributed by atoms with van der Waals surface area (Å²) in [7, 11) is 0. The van der Waals surface area contributed by atoms with Crippen molar-refractivity contribution < 1.29 is 4.79 Å². The van der Waals surface area contributed by atoms with Gasteiger partial charge in [0.05, 0.1) is 0 Å². The number of hydrogen-bond donors (Lipinski definition) is 2. The normalized spacial score (nSPS) is 10.6. The van der Waals surface area contributed by atoms with E-state index in [4.69, 9.17) is 11.6 Å². The van der Waals surface area contributed by atoms with Gasteiger partial charge in [0.25, 0.3) is 11.5 Å². The lowest BCUT2D eigenvalue weighted by Gasteiger charge is -2.07. The summed E-state index contributed by atoms with van der Waals surface area (Å²) < 4.78 is 0. The minimum absolute atomic E-state index is 0.209. The number of anilines is 1. The highest BCUT2D eigenvalue weighted by Gasteiger charge is 2.10. The van der Waals surface area contributed by atoms with Crippen LogP contribution >= 0.6 is 11.6 Å². The molecule has 0 bridgehead atoms. The standard InChI is InChI=1S/C17H13ClN2O2/c1-10-6-7-12(9-14(10)18)19-17(22)15-8-11-4-2-3-5-13(11)16(21)20-15/h2-9H,1H3,(H,19,22)(H,20,21). The summed E-state index contributed by atoms with van der Waals surface area (Å²) in [5.74, 6) is -0.386. The van der Waals surface area contributed by atoms with E-state index in [1.54, 1.807) is 36.4 Å². The van der Waals surface area contributed by atoms with Crippen molar-refractivity contribution in [3.8, 4) is 0 Å². The molecule has 0 saturated heterocycles. The Bertz CT molecular complexity index is 931. The molecule has 5 heteroatoms. The van der Waals surface area contributed by atoms with E-state index in [0.717, 1.165) is 10.9 Å². The second-order valence-electron chi connectivity index (χ2n) is 5.02.